The minimum atomic E-state index is -0.589. The van der Waals surface area contributed by atoms with E-state index in [9.17, 15) is 9.59 Å². The maximum atomic E-state index is 12.2. The Kier molecular flexibility index (Phi) is 4.37. The molecule has 128 valence electrons. The first kappa shape index (κ1) is 16.2. The molecule has 0 radical (unpaired) electrons. The lowest BCUT2D eigenvalue weighted by Crippen LogP contribution is -2.53. The lowest BCUT2D eigenvalue weighted by molar-refractivity contribution is -0.136. The number of aromatic nitrogens is 3. The number of H-pyrrole nitrogens is 1. The number of nitrogens with one attached hydrogen (secondary N) is 1. The summed E-state index contributed by atoms with van der Waals surface area (Å²) >= 11 is 0. The van der Waals surface area contributed by atoms with E-state index in [-0.39, 0.29) is 18.4 Å². The quantitative estimate of drug-likeness (QED) is 0.794. The van der Waals surface area contributed by atoms with E-state index in [2.05, 4.69) is 26.8 Å². The van der Waals surface area contributed by atoms with Gasteiger partial charge >= 0.3 is 0 Å². The number of rotatable bonds is 4. The molecule has 2 atom stereocenters. The van der Waals surface area contributed by atoms with Gasteiger partial charge in [0.25, 0.3) is 0 Å². The summed E-state index contributed by atoms with van der Waals surface area (Å²) in [7, 11) is 1.98. The van der Waals surface area contributed by atoms with Crippen molar-refractivity contribution < 1.29 is 9.59 Å². The van der Waals surface area contributed by atoms with Gasteiger partial charge in [-0.15, -0.1) is 0 Å². The van der Waals surface area contributed by atoms with E-state index in [1.165, 1.54) is 6.33 Å². The lowest BCUT2D eigenvalue weighted by atomic mass is 9.92. The van der Waals surface area contributed by atoms with E-state index >= 15 is 0 Å². The van der Waals surface area contributed by atoms with Gasteiger partial charge < -0.3 is 20.5 Å². The summed E-state index contributed by atoms with van der Waals surface area (Å²) in [6.07, 6.45) is 4.01. The molecule has 1 aliphatic heterocycles. The number of nitrogens with zero attached hydrogens (tertiary/aromatic N) is 4. The Balaban J connectivity index is 1.82. The summed E-state index contributed by atoms with van der Waals surface area (Å²) in [5.74, 6) is 0.439. The number of primary amides is 1. The summed E-state index contributed by atoms with van der Waals surface area (Å²) in [6.45, 7) is 3.38. The second-order valence-electron chi connectivity index (χ2n) is 6.36. The first-order valence-corrected chi connectivity index (χ1v) is 8.04. The molecule has 1 fully saturated rings. The monoisotopic (exact) mass is 330 g/mol. The molecule has 0 saturated carbocycles. The molecule has 3 N–H and O–H groups in total. The third-order valence-corrected chi connectivity index (χ3v) is 4.76. The van der Waals surface area contributed by atoms with Crippen LogP contribution in [0.1, 0.15) is 19.8 Å². The Morgan fingerprint density at radius 2 is 2.25 bits per heavy atom. The predicted octanol–water partition coefficient (Wildman–Crippen LogP) is 0.507. The molecular formula is C16H22N6O2. The number of likely N-dealkylation sites (N-methyl/N-ethyl adjacent to an activating group) is 1. The van der Waals surface area contributed by atoms with Crippen molar-refractivity contribution in [2.75, 3.05) is 25.0 Å². The highest BCUT2D eigenvalue weighted by Gasteiger charge is 2.32. The number of amides is 2. The highest BCUT2D eigenvalue weighted by molar-refractivity contribution is 5.96. The molecular weight excluding hydrogens is 308 g/mol. The van der Waals surface area contributed by atoms with Gasteiger partial charge in [-0.1, -0.05) is 6.92 Å². The van der Waals surface area contributed by atoms with Crippen molar-refractivity contribution in [3.05, 3.63) is 18.6 Å². The van der Waals surface area contributed by atoms with Crippen LogP contribution in [0.5, 0.6) is 0 Å². The standard InChI is InChI=1S/C16H22N6O2/c1-10-4-6-22(14(24)7-13(17)23)8-12(10)21(2)16-11-3-5-18-15(11)19-9-20-16/h3,5,9-10,12H,4,6-8H2,1-2H3,(H2,17,23)(H,18,19,20). The third kappa shape index (κ3) is 3.04. The van der Waals surface area contributed by atoms with Crippen LogP contribution in [0, 0.1) is 5.92 Å². The Bertz CT molecular complexity index is 758. The number of hydrogen-bond acceptors (Lipinski definition) is 5. The number of piperidine rings is 1. The van der Waals surface area contributed by atoms with Crippen molar-refractivity contribution in [3.63, 3.8) is 0 Å². The molecule has 0 aliphatic carbocycles. The van der Waals surface area contributed by atoms with Crippen LogP contribution in [-0.4, -0.2) is 57.8 Å². The predicted molar refractivity (Wildman–Crippen MR) is 90.3 cm³/mol. The first-order valence-electron chi connectivity index (χ1n) is 8.04. The van der Waals surface area contributed by atoms with Gasteiger partial charge in [-0.3, -0.25) is 9.59 Å². The van der Waals surface area contributed by atoms with Crippen molar-refractivity contribution in [3.8, 4) is 0 Å². The number of nitrogens with two attached hydrogens (primary N) is 1. The molecule has 2 amide bonds. The number of likely N-dealkylation sites (tertiary alicyclic amines) is 1. The molecule has 0 aromatic carbocycles. The molecule has 3 heterocycles. The summed E-state index contributed by atoms with van der Waals surface area (Å²) in [5, 5.41) is 0.952. The summed E-state index contributed by atoms with van der Waals surface area (Å²) in [6, 6.07) is 2.06. The molecule has 24 heavy (non-hydrogen) atoms. The zero-order valence-electron chi connectivity index (χ0n) is 13.9. The number of aromatic amines is 1. The highest BCUT2D eigenvalue weighted by atomic mass is 16.2. The average Bonchev–Trinajstić information content (AvgIpc) is 3.02. The molecule has 0 spiro atoms. The van der Waals surface area contributed by atoms with Crippen molar-refractivity contribution in [2.24, 2.45) is 11.7 Å². The van der Waals surface area contributed by atoms with Crippen LogP contribution >= 0.6 is 0 Å². The summed E-state index contributed by atoms with van der Waals surface area (Å²) in [4.78, 5) is 38.7. The number of carbonyl (C=O) groups is 2. The van der Waals surface area contributed by atoms with Crippen LogP contribution in [-0.2, 0) is 9.59 Å². The molecule has 1 aliphatic rings. The Labute approximate surface area is 140 Å². The van der Waals surface area contributed by atoms with Crippen LogP contribution in [0.2, 0.25) is 0 Å². The van der Waals surface area contributed by atoms with E-state index in [1.54, 1.807) is 4.90 Å². The Morgan fingerprint density at radius 1 is 1.46 bits per heavy atom. The van der Waals surface area contributed by atoms with Crippen LogP contribution in [0.15, 0.2) is 18.6 Å². The zero-order valence-corrected chi connectivity index (χ0v) is 13.9. The number of anilines is 1. The first-order chi connectivity index (χ1) is 11.5. The van der Waals surface area contributed by atoms with E-state index in [1.807, 2.05) is 19.3 Å². The highest BCUT2D eigenvalue weighted by Crippen LogP contribution is 2.28. The van der Waals surface area contributed by atoms with Crippen LogP contribution < -0.4 is 10.6 Å². The molecule has 2 unspecified atom stereocenters. The van der Waals surface area contributed by atoms with Gasteiger partial charge in [0.1, 0.15) is 24.2 Å². The van der Waals surface area contributed by atoms with Crippen molar-refractivity contribution >= 4 is 28.7 Å². The van der Waals surface area contributed by atoms with E-state index in [4.69, 9.17) is 5.73 Å². The Hall–Kier alpha value is -2.64. The number of fused-ring (bicyclic) bond motifs is 1. The average molecular weight is 330 g/mol. The largest absolute Gasteiger partial charge is 0.369 e. The molecule has 2 aromatic heterocycles. The van der Waals surface area contributed by atoms with Gasteiger partial charge in [0.2, 0.25) is 11.8 Å². The van der Waals surface area contributed by atoms with E-state index in [0.717, 1.165) is 23.3 Å². The fraction of sp³-hybridized carbons (Fsp3) is 0.500. The van der Waals surface area contributed by atoms with Crippen molar-refractivity contribution in [1.82, 2.24) is 19.9 Å². The third-order valence-electron chi connectivity index (χ3n) is 4.76. The van der Waals surface area contributed by atoms with Crippen molar-refractivity contribution in [2.45, 2.75) is 25.8 Å². The van der Waals surface area contributed by atoms with E-state index in [0.29, 0.717) is 19.0 Å². The van der Waals surface area contributed by atoms with E-state index < -0.39 is 5.91 Å². The topological polar surface area (TPSA) is 108 Å². The number of hydrogen-bond donors (Lipinski definition) is 2. The number of carbonyl (C=O) groups excluding carboxylic acids is 2. The van der Waals surface area contributed by atoms with Gasteiger partial charge in [-0.25, -0.2) is 9.97 Å². The fourth-order valence-electron chi connectivity index (χ4n) is 3.34. The van der Waals surface area contributed by atoms with Gasteiger partial charge in [0, 0.05) is 26.3 Å². The molecule has 2 aromatic rings. The normalized spacial score (nSPS) is 21.0. The minimum absolute atomic E-state index is 0.114. The molecule has 8 heteroatoms. The molecule has 3 rings (SSSR count). The van der Waals surface area contributed by atoms with Gasteiger partial charge in [0.05, 0.1) is 11.4 Å². The Morgan fingerprint density at radius 3 is 3.00 bits per heavy atom. The minimum Gasteiger partial charge on any atom is -0.369 e. The molecule has 8 nitrogen and oxygen atoms in total. The summed E-state index contributed by atoms with van der Waals surface area (Å²) in [5.41, 5.74) is 5.93. The smallest absolute Gasteiger partial charge is 0.232 e. The molecule has 1 saturated heterocycles. The second-order valence-corrected chi connectivity index (χ2v) is 6.36. The van der Waals surface area contributed by atoms with Gasteiger partial charge in [0.15, 0.2) is 0 Å². The van der Waals surface area contributed by atoms with Crippen LogP contribution in [0.3, 0.4) is 0 Å². The van der Waals surface area contributed by atoms with Gasteiger partial charge in [-0.05, 0) is 18.4 Å². The van der Waals surface area contributed by atoms with Crippen LogP contribution in [0.4, 0.5) is 5.82 Å². The van der Waals surface area contributed by atoms with Crippen molar-refractivity contribution in [1.29, 1.82) is 0 Å². The maximum Gasteiger partial charge on any atom is 0.232 e. The second kappa shape index (κ2) is 6.46. The summed E-state index contributed by atoms with van der Waals surface area (Å²) < 4.78 is 0. The molecule has 0 bridgehead atoms. The fourth-order valence-corrected chi connectivity index (χ4v) is 3.34. The van der Waals surface area contributed by atoms with Crippen LogP contribution in [0.25, 0.3) is 11.0 Å². The lowest BCUT2D eigenvalue weighted by Gasteiger charge is -2.42. The SMILES string of the molecule is CC1CCN(C(=O)CC(N)=O)CC1N(C)c1ncnc2[nH]ccc12. The zero-order chi connectivity index (χ0) is 17.3. The maximum absolute atomic E-state index is 12.2. The van der Waals surface area contributed by atoms with Gasteiger partial charge in [-0.2, -0.15) is 0 Å².